The van der Waals surface area contributed by atoms with E-state index in [9.17, 15) is 4.79 Å². The number of hydrazone groups is 1. The number of fused-ring (bicyclic) bond motifs is 1. The highest BCUT2D eigenvalue weighted by Crippen LogP contribution is 2.32. The molecule has 3 aromatic carbocycles. The predicted octanol–water partition coefficient (Wildman–Crippen LogP) is 6.60. The minimum Gasteiger partial charge on any atom is -0.269 e. The van der Waals surface area contributed by atoms with Crippen LogP contribution in [0.25, 0.3) is 22.0 Å². The molecular formula is C23H16BrN5OS. The Morgan fingerprint density at radius 1 is 1.03 bits per heavy atom. The second kappa shape index (κ2) is 8.13. The van der Waals surface area contributed by atoms with Crippen LogP contribution in [0, 0.1) is 0 Å². The number of halogens is 1. The topological polar surface area (TPSA) is 70.3 Å². The third-order valence-corrected chi connectivity index (χ3v) is 6.30. The Balaban J connectivity index is 1.39. The summed E-state index contributed by atoms with van der Waals surface area (Å²) < 4.78 is 1.00. The zero-order chi connectivity index (χ0) is 21.4. The Kier molecular flexibility index (Phi) is 5.17. The normalized spacial score (nSPS) is 16.5. The SMILES string of the molecule is CC1=NN(c2nc(-c3ccc(Br)cc3)cs2)C(=O)[C@@H]1N=Nc1cccc2ccccc12. The van der Waals surface area contributed by atoms with Crippen molar-refractivity contribution in [2.45, 2.75) is 13.0 Å². The number of anilines is 1. The van der Waals surface area contributed by atoms with E-state index < -0.39 is 6.04 Å². The molecule has 0 saturated carbocycles. The van der Waals surface area contributed by atoms with E-state index in [0.717, 1.165) is 32.2 Å². The van der Waals surface area contributed by atoms with Crippen LogP contribution in [0.1, 0.15) is 6.92 Å². The largest absolute Gasteiger partial charge is 0.282 e. The summed E-state index contributed by atoms with van der Waals surface area (Å²) in [5.74, 6) is -0.252. The van der Waals surface area contributed by atoms with Gasteiger partial charge in [-0.3, -0.25) is 4.79 Å². The van der Waals surface area contributed by atoms with Crippen LogP contribution in [0.5, 0.6) is 0 Å². The van der Waals surface area contributed by atoms with Crippen molar-refractivity contribution < 1.29 is 4.79 Å². The number of nitrogens with zero attached hydrogens (tertiary/aromatic N) is 5. The number of benzene rings is 3. The van der Waals surface area contributed by atoms with Gasteiger partial charge in [0.05, 0.1) is 17.1 Å². The maximum atomic E-state index is 13.0. The van der Waals surface area contributed by atoms with E-state index in [-0.39, 0.29) is 5.91 Å². The summed E-state index contributed by atoms with van der Waals surface area (Å²) in [6.45, 7) is 1.79. The number of aromatic nitrogens is 1. The molecule has 0 fully saturated rings. The second-order valence-corrected chi connectivity index (χ2v) is 8.78. The first-order valence-corrected chi connectivity index (χ1v) is 11.3. The molecule has 8 heteroatoms. The van der Waals surface area contributed by atoms with Crippen molar-refractivity contribution in [2.75, 3.05) is 5.01 Å². The predicted molar refractivity (Wildman–Crippen MR) is 128 cm³/mol. The maximum absolute atomic E-state index is 13.0. The molecule has 1 aliphatic heterocycles. The lowest BCUT2D eigenvalue weighted by Crippen LogP contribution is -2.29. The molecule has 31 heavy (non-hydrogen) atoms. The number of thiazole rings is 1. The molecule has 0 aliphatic carbocycles. The van der Waals surface area contributed by atoms with Gasteiger partial charge in [0.1, 0.15) is 0 Å². The van der Waals surface area contributed by atoms with E-state index in [2.05, 4.69) is 36.2 Å². The Bertz CT molecular complexity index is 1340. The number of hydrogen-bond acceptors (Lipinski definition) is 6. The lowest BCUT2D eigenvalue weighted by Gasteiger charge is -2.08. The van der Waals surface area contributed by atoms with E-state index in [1.807, 2.05) is 72.1 Å². The molecule has 6 nitrogen and oxygen atoms in total. The van der Waals surface area contributed by atoms with Crippen LogP contribution in [0.2, 0.25) is 0 Å². The van der Waals surface area contributed by atoms with E-state index in [1.54, 1.807) is 6.92 Å². The monoisotopic (exact) mass is 489 g/mol. The van der Waals surface area contributed by atoms with Gasteiger partial charge in [0.25, 0.3) is 5.91 Å². The van der Waals surface area contributed by atoms with Gasteiger partial charge in [-0.2, -0.15) is 20.3 Å². The summed E-state index contributed by atoms with van der Waals surface area (Å²) in [6, 6.07) is 20.9. The van der Waals surface area contributed by atoms with Crippen LogP contribution in [0.4, 0.5) is 10.8 Å². The zero-order valence-electron chi connectivity index (χ0n) is 16.4. The number of hydrogen-bond donors (Lipinski definition) is 0. The average Bonchev–Trinajstić information content (AvgIpc) is 3.38. The lowest BCUT2D eigenvalue weighted by molar-refractivity contribution is -0.117. The van der Waals surface area contributed by atoms with Gasteiger partial charge < -0.3 is 0 Å². The second-order valence-electron chi connectivity index (χ2n) is 7.03. The molecule has 0 saturated heterocycles. The van der Waals surface area contributed by atoms with Crippen molar-refractivity contribution in [1.29, 1.82) is 0 Å². The first-order chi connectivity index (χ1) is 15.1. The third-order valence-electron chi connectivity index (χ3n) is 4.96. The molecule has 1 aliphatic rings. The van der Waals surface area contributed by atoms with Crippen LogP contribution in [-0.2, 0) is 4.79 Å². The Morgan fingerprint density at radius 2 is 1.81 bits per heavy atom. The van der Waals surface area contributed by atoms with E-state index in [0.29, 0.717) is 10.8 Å². The maximum Gasteiger partial charge on any atom is 0.282 e. The summed E-state index contributed by atoms with van der Waals surface area (Å²) in [7, 11) is 0. The summed E-state index contributed by atoms with van der Waals surface area (Å²) in [6.07, 6.45) is 0. The fourth-order valence-corrected chi connectivity index (χ4v) is 4.41. The van der Waals surface area contributed by atoms with Crippen LogP contribution in [0.15, 0.2) is 91.9 Å². The van der Waals surface area contributed by atoms with Crippen LogP contribution in [-0.4, -0.2) is 22.6 Å². The molecule has 1 atom stereocenters. The van der Waals surface area contributed by atoms with Crippen molar-refractivity contribution in [2.24, 2.45) is 15.3 Å². The molecule has 0 spiro atoms. The number of rotatable bonds is 4. The summed E-state index contributed by atoms with van der Waals surface area (Å²) in [4.78, 5) is 17.6. The fraction of sp³-hybridized carbons (Fsp3) is 0.0870. The van der Waals surface area contributed by atoms with Gasteiger partial charge in [0.15, 0.2) is 6.04 Å². The van der Waals surface area contributed by atoms with Gasteiger partial charge in [-0.05, 0) is 30.5 Å². The Labute approximate surface area is 191 Å². The molecule has 0 bridgehead atoms. The molecule has 0 N–H and O–H groups in total. The zero-order valence-corrected chi connectivity index (χ0v) is 18.8. The molecule has 0 unspecified atom stereocenters. The molecule has 1 aromatic heterocycles. The Hall–Kier alpha value is -3.23. The van der Waals surface area contributed by atoms with Gasteiger partial charge >= 0.3 is 0 Å². The molecule has 2 heterocycles. The Morgan fingerprint density at radius 3 is 2.65 bits per heavy atom. The number of azo groups is 1. The highest BCUT2D eigenvalue weighted by atomic mass is 79.9. The van der Waals surface area contributed by atoms with Crippen molar-refractivity contribution >= 4 is 60.5 Å². The highest BCUT2D eigenvalue weighted by Gasteiger charge is 2.36. The van der Waals surface area contributed by atoms with E-state index in [1.165, 1.54) is 16.3 Å². The van der Waals surface area contributed by atoms with Crippen molar-refractivity contribution in [3.8, 4) is 11.3 Å². The van der Waals surface area contributed by atoms with Crippen LogP contribution in [0.3, 0.4) is 0 Å². The number of amides is 1. The van der Waals surface area contributed by atoms with Crippen molar-refractivity contribution in [3.63, 3.8) is 0 Å². The van der Waals surface area contributed by atoms with Crippen LogP contribution < -0.4 is 5.01 Å². The molecule has 0 radical (unpaired) electrons. The summed E-state index contributed by atoms with van der Waals surface area (Å²) >= 11 is 4.81. The first-order valence-electron chi connectivity index (χ1n) is 9.59. The van der Waals surface area contributed by atoms with Crippen molar-refractivity contribution in [3.05, 3.63) is 76.6 Å². The summed E-state index contributed by atoms with van der Waals surface area (Å²) in [5.41, 5.74) is 3.09. The number of carbonyl (C=O) groups is 1. The van der Waals surface area contributed by atoms with Crippen LogP contribution >= 0.6 is 27.3 Å². The number of carbonyl (C=O) groups excluding carboxylic acids is 1. The van der Waals surface area contributed by atoms with Gasteiger partial charge in [-0.1, -0.05) is 64.5 Å². The first kappa shape index (κ1) is 19.7. The fourth-order valence-electron chi connectivity index (χ4n) is 3.36. The van der Waals surface area contributed by atoms with Gasteiger partial charge in [-0.25, -0.2) is 4.98 Å². The molecule has 1 amide bonds. The van der Waals surface area contributed by atoms with Crippen molar-refractivity contribution in [1.82, 2.24) is 4.98 Å². The average molecular weight is 490 g/mol. The lowest BCUT2D eigenvalue weighted by atomic mass is 10.1. The van der Waals surface area contributed by atoms with Gasteiger partial charge in [0, 0.05) is 20.8 Å². The van der Waals surface area contributed by atoms with E-state index in [4.69, 9.17) is 0 Å². The molecule has 152 valence electrons. The molecule has 5 rings (SSSR count). The highest BCUT2D eigenvalue weighted by molar-refractivity contribution is 9.10. The summed E-state index contributed by atoms with van der Waals surface area (Å²) in [5, 5.41) is 18.9. The van der Waals surface area contributed by atoms with Gasteiger partial charge in [-0.15, -0.1) is 11.3 Å². The minimum atomic E-state index is -0.751. The van der Waals surface area contributed by atoms with Gasteiger partial charge in [0.2, 0.25) is 5.13 Å². The molecular weight excluding hydrogens is 474 g/mol. The quantitative estimate of drug-likeness (QED) is 0.303. The smallest absolute Gasteiger partial charge is 0.269 e. The standard InChI is InChI=1S/C23H16BrN5OS/c1-14-21(27-26-19-8-4-6-15-5-2-3-7-18(15)19)22(30)29(28-14)23-25-20(13-31-23)16-9-11-17(24)12-10-16/h2-13,21H,1H3/t21-/m1/s1. The third kappa shape index (κ3) is 3.80. The van der Waals surface area contributed by atoms with E-state index >= 15 is 0 Å². The molecule has 4 aromatic rings. The minimum absolute atomic E-state index is 0.252.